The van der Waals surface area contributed by atoms with Crippen LogP contribution in [0.3, 0.4) is 0 Å². The molecule has 4 N–H and O–H groups in total. The van der Waals surface area contributed by atoms with Crippen molar-refractivity contribution in [3.63, 3.8) is 0 Å². The molecule has 0 aromatic carbocycles. The van der Waals surface area contributed by atoms with Crippen molar-refractivity contribution in [3.05, 3.63) is 53.5 Å². The summed E-state index contributed by atoms with van der Waals surface area (Å²) in [5.41, 5.74) is 6.30. The topological polar surface area (TPSA) is 105 Å². The van der Waals surface area contributed by atoms with Crippen molar-refractivity contribution in [2.24, 2.45) is 5.73 Å². The fraction of sp³-hybridized carbons (Fsp3) is 0.267. The van der Waals surface area contributed by atoms with E-state index in [4.69, 9.17) is 28.9 Å². The lowest BCUT2D eigenvalue weighted by atomic mass is 9.90. The minimum absolute atomic E-state index is 0.119. The minimum atomic E-state index is -0.803. The highest BCUT2D eigenvalue weighted by Crippen LogP contribution is 2.33. The van der Waals surface area contributed by atoms with Gasteiger partial charge in [-0.05, 0) is 37.0 Å². The molecule has 1 aliphatic carbocycles. The van der Waals surface area contributed by atoms with Crippen molar-refractivity contribution in [2.45, 2.75) is 25.3 Å². The molecule has 0 aliphatic heterocycles. The van der Waals surface area contributed by atoms with Gasteiger partial charge in [-0.15, -0.1) is 11.3 Å². The van der Waals surface area contributed by atoms with Crippen LogP contribution in [0.2, 0.25) is 8.67 Å². The molecule has 24 heavy (non-hydrogen) atoms. The molecule has 0 saturated heterocycles. The summed E-state index contributed by atoms with van der Waals surface area (Å²) in [6, 6.07) is 2.63. The Bertz CT molecular complexity index is 891. The molecule has 0 saturated carbocycles. The summed E-state index contributed by atoms with van der Waals surface area (Å²) in [7, 11) is 0. The highest BCUT2D eigenvalue weighted by molar-refractivity contribution is 7.20. The number of halogens is 2. The van der Waals surface area contributed by atoms with Crippen LogP contribution in [0.4, 0.5) is 0 Å². The molecule has 1 unspecified atom stereocenters. The number of hydrogen-bond acceptors (Lipinski definition) is 4. The second-order valence-electron chi connectivity index (χ2n) is 5.47. The van der Waals surface area contributed by atoms with Crippen LogP contribution >= 0.6 is 34.5 Å². The van der Waals surface area contributed by atoms with E-state index in [9.17, 15) is 14.4 Å². The number of pyridine rings is 1. The zero-order chi connectivity index (χ0) is 17.4. The first-order valence-corrected chi connectivity index (χ1v) is 8.75. The Labute approximate surface area is 151 Å². The molecule has 3 rings (SSSR count). The minimum Gasteiger partial charge on any atom is -0.365 e. The number of aryl methyl sites for hydroxylation is 1. The van der Waals surface area contributed by atoms with Gasteiger partial charge in [0.15, 0.2) is 0 Å². The van der Waals surface area contributed by atoms with Crippen molar-refractivity contribution < 1.29 is 9.59 Å². The van der Waals surface area contributed by atoms with Crippen LogP contribution in [0.15, 0.2) is 16.9 Å². The Hall–Kier alpha value is -1.83. The number of hydrogen-bond donors (Lipinski definition) is 3. The van der Waals surface area contributed by atoms with Gasteiger partial charge in [0.1, 0.15) is 9.90 Å². The van der Waals surface area contributed by atoms with Crippen LogP contribution in [-0.4, -0.2) is 16.8 Å². The summed E-state index contributed by atoms with van der Waals surface area (Å²) >= 11 is 13.0. The number of thiophene rings is 1. The summed E-state index contributed by atoms with van der Waals surface area (Å²) in [6.45, 7) is 0. The molecule has 2 aromatic heterocycles. The highest BCUT2D eigenvalue weighted by Gasteiger charge is 2.26. The van der Waals surface area contributed by atoms with E-state index >= 15 is 0 Å². The Balaban J connectivity index is 1.93. The maximum absolute atomic E-state index is 12.4. The van der Waals surface area contributed by atoms with Crippen LogP contribution < -0.4 is 16.6 Å². The first kappa shape index (κ1) is 17.0. The van der Waals surface area contributed by atoms with Crippen LogP contribution in [0.25, 0.3) is 0 Å². The largest absolute Gasteiger partial charge is 0.365 e. The third kappa shape index (κ3) is 3.19. The number of primary amides is 1. The van der Waals surface area contributed by atoms with Crippen LogP contribution in [0.5, 0.6) is 0 Å². The van der Waals surface area contributed by atoms with Gasteiger partial charge in [-0.25, -0.2) is 0 Å². The summed E-state index contributed by atoms with van der Waals surface area (Å²) < 4.78 is 0.738. The number of aromatic nitrogens is 1. The van der Waals surface area contributed by atoms with Gasteiger partial charge in [0.05, 0.1) is 15.9 Å². The third-order valence-corrected chi connectivity index (χ3v) is 5.41. The predicted molar refractivity (Wildman–Crippen MR) is 93.1 cm³/mol. The van der Waals surface area contributed by atoms with E-state index in [1.165, 1.54) is 12.1 Å². The quantitative estimate of drug-likeness (QED) is 0.755. The molecule has 2 aromatic rings. The van der Waals surface area contributed by atoms with E-state index < -0.39 is 11.5 Å². The van der Waals surface area contributed by atoms with Crippen LogP contribution in [0.1, 0.15) is 50.9 Å². The fourth-order valence-corrected chi connectivity index (χ4v) is 4.26. The van der Waals surface area contributed by atoms with E-state index in [-0.39, 0.29) is 17.5 Å². The normalized spacial score (nSPS) is 16.5. The molecule has 0 bridgehead atoms. The Kier molecular flexibility index (Phi) is 4.67. The van der Waals surface area contributed by atoms with Crippen molar-refractivity contribution in [1.82, 2.24) is 10.3 Å². The molecule has 2 heterocycles. The molecule has 2 amide bonds. The Morgan fingerprint density at radius 2 is 2.04 bits per heavy atom. The molecule has 1 aliphatic rings. The van der Waals surface area contributed by atoms with Gasteiger partial charge in [0.2, 0.25) is 0 Å². The number of fused-ring (bicyclic) bond motifs is 1. The predicted octanol–water partition coefficient (Wildman–Crippen LogP) is 2.65. The molecule has 0 fully saturated rings. The molecular weight excluding hydrogens is 373 g/mol. The summed E-state index contributed by atoms with van der Waals surface area (Å²) in [5, 5.41) is 2.88. The van der Waals surface area contributed by atoms with E-state index in [1.807, 2.05) is 0 Å². The average molecular weight is 386 g/mol. The summed E-state index contributed by atoms with van der Waals surface area (Å²) in [5.74, 6) is -1.16. The smallest absolute Gasteiger partial charge is 0.261 e. The number of carbonyl (C=O) groups is 2. The van der Waals surface area contributed by atoms with E-state index in [0.29, 0.717) is 38.3 Å². The monoisotopic (exact) mass is 385 g/mol. The number of carbonyl (C=O) groups excluding carboxylic acids is 2. The van der Waals surface area contributed by atoms with Gasteiger partial charge in [-0.1, -0.05) is 23.2 Å². The number of amides is 2. The second kappa shape index (κ2) is 6.58. The van der Waals surface area contributed by atoms with Crippen molar-refractivity contribution >= 4 is 46.4 Å². The first-order valence-electron chi connectivity index (χ1n) is 7.18. The fourth-order valence-electron chi connectivity index (χ4n) is 2.80. The van der Waals surface area contributed by atoms with Gasteiger partial charge in [-0.2, -0.15) is 0 Å². The van der Waals surface area contributed by atoms with Gasteiger partial charge in [0.25, 0.3) is 17.4 Å². The summed E-state index contributed by atoms with van der Waals surface area (Å²) in [6.07, 6.45) is 2.14. The van der Waals surface area contributed by atoms with Crippen molar-refractivity contribution in [2.75, 3.05) is 0 Å². The number of rotatable bonds is 3. The molecule has 6 nitrogen and oxygen atoms in total. The molecule has 126 valence electrons. The maximum Gasteiger partial charge on any atom is 0.261 e. The number of nitrogens with two attached hydrogens (primary N) is 1. The first-order chi connectivity index (χ1) is 11.4. The standard InChI is InChI=1S/C15H13Cl2N3O3S/c16-11-5-7(12(17)24-11)14(22)19-9-2-1-3-10-6(9)4-8(13(18)21)15(23)20-10/h4-5,9H,1-3H2,(H2,18,21)(H,19,22)(H,20,23). The Morgan fingerprint density at radius 1 is 1.29 bits per heavy atom. The number of aromatic amines is 1. The molecule has 0 spiro atoms. The number of nitrogens with one attached hydrogen (secondary N) is 2. The SMILES string of the molecule is NC(=O)c1cc2c([nH]c1=O)CCCC2NC(=O)c1cc(Cl)sc1Cl. The lowest BCUT2D eigenvalue weighted by molar-refractivity contribution is 0.0933. The van der Waals surface area contributed by atoms with E-state index in [2.05, 4.69) is 10.3 Å². The van der Waals surface area contributed by atoms with Crippen molar-refractivity contribution in [3.8, 4) is 0 Å². The molecule has 1 atom stereocenters. The molecular formula is C15H13Cl2N3O3S. The van der Waals surface area contributed by atoms with Crippen molar-refractivity contribution in [1.29, 1.82) is 0 Å². The van der Waals surface area contributed by atoms with Crippen LogP contribution in [-0.2, 0) is 6.42 Å². The summed E-state index contributed by atoms with van der Waals surface area (Å²) in [4.78, 5) is 38.4. The molecule has 0 radical (unpaired) electrons. The lowest BCUT2D eigenvalue weighted by Crippen LogP contribution is -2.34. The lowest BCUT2D eigenvalue weighted by Gasteiger charge is -2.26. The Morgan fingerprint density at radius 3 is 2.67 bits per heavy atom. The van der Waals surface area contributed by atoms with E-state index in [0.717, 1.165) is 17.8 Å². The van der Waals surface area contributed by atoms with E-state index in [1.54, 1.807) is 0 Å². The van der Waals surface area contributed by atoms with Crippen LogP contribution in [0, 0.1) is 0 Å². The second-order valence-corrected chi connectivity index (χ2v) is 7.75. The maximum atomic E-state index is 12.4. The van der Waals surface area contributed by atoms with Gasteiger partial charge in [0, 0.05) is 5.69 Å². The van der Waals surface area contributed by atoms with Gasteiger partial charge >= 0.3 is 0 Å². The average Bonchev–Trinajstić information content (AvgIpc) is 2.85. The highest BCUT2D eigenvalue weighted by atomic mass is 35.5. The van der Waals surface area contributed by atoms with Gasteiger partial charge < -0.3 is 16.0 Å². The zero-order valence-corrected chi connectivity index (χ0v) is 14.6. The van der Waals surface area contributed by atoms with Gasteiger partial charge in [-0.3, -0.25) is 14.4 Å². The third-order valence-electron chi connectivity index (χ3n) is 3.92. The molecule has 9 heteroatoms. The number of H-pyrrole nitrogens is 1. The zero-order valence-electron chi connectivity index (χ0n) is 12.3.